The summed E-state index contributed by atoms with van der Waals surface area (Å²) in [6.07, 6.45) is -0.662. The van der Waals surface area contributed by atoms with E-state index in [9.17, 15) is 18.4 Å². The van der Waals surface area contributed by atoms with Gasteiger partial charge in [0.05, 0.1) is 18.1 Å². The van der Waals surface area contributed by atoms with Gasteiger partial charge in [0.2, 0.25) is 5.91 Å². The molecular formula is C22H25F2N3O3. The number of ether oxygens (including phenoxy) is 1. The molecule has 1 N–H and O–H groups in total. The van der Waals surface area contributed by atoms with E-state index in [-0.39, 0.29) is 43.0 Å². The van der Waals surface area contributed by atoms with Crippen LogP contribution in [0.5, 0.6) is 0 Å². The summed E-state index contributed by atoms with van der Waals surface area (Å²) >= 11 is 0. The third kappa shape index (κ3) is 4.41. The van der Waals surface area contributed by atoms with Crippen LogP contribution in [0.25, 0.3) is 0 Å². The monoisotopic (exact) mass is 417 g/mol. The molecule has 3 aliphatic heterocycles. The number of hydrogen-bond acceptors (Lipinski definition) is 3. The number of likely N-dealkylation sites (tertiary alicyclic amines) is 2. The summed E-state index contributed by atoms with van der Waals surface area (Å²) in [7, 11) is 0. The first-order valence-electron chi connectivity index (χ1n) is 10.2. The molecule has 0 saturated carbocycles. The van der Waals surface area contributed by atoms with Crippen molar-refractivity contribution < 1.29 is 23.1 Å². The fraction of sp³-hybridized carbons (Fsp3) is 0.545. The van der Waals surface area contributed by atoms with Crippen LogP contribution in [-0.4, -0.2) is 66.7 Å². The van der Waals surface area contributed by atoms with Crippen molar-refractivity contribution in [3.63, 3.8) is 0 Å². The number of carbonyl (C=O) groups excluding carboxylic acids is 2. The first-order valence-corrected chi connectivity index (χ1v) is 10.2. The van der Waals surface area contributed by atoms with Crippen molar-refractivity contribution in [2.45, 2.75) is 38.1 Å². The van der Waals surface area contributed by atoms with Crippen molar-refractivity contribution in [1.29, 1.82) is 0 Å². The van der Waals surface area contributed by atoms with Gasteiger partial charge in [-0.1, -0.05) is 24.0 Å². The highest BCUT2D eigenvalue weighted by Gasteiger charge is 2.39. The number of rotatable bonds is 2. The fourth-order valence-electron chi connectivity index (χ4n) is 4.01. The van der Waals surface area contributed by atoms with Gasteiger partial charge in [-0.25, -0.2) is 13.6 Å². The summed E-state index contributed by atoms with van der Waals surface area (Å²) in [5.74, 6) is 5.30. The van der Waals surface area contributed by atoms with E-state index in [2.05, 4.69) is 17.2 Å². The topological polar surface area (TPSA) is 61.9 Å². The summed E-state index contributed by atoms with van der Waals surface area (Å²) in [5, 5.41) is 2.89. The highest BCUT2D eigenvalue weighted by molar-refractivity contribution is 5.79. The maximum Gasteiger partial charge on any atom is 0.320 e. The lowest BCUT2D eigenvalue weighted by Gasteiger charge is -2.45. The van der Waals surface area contributed by atoms with Crippen molar-refractivity contribution in [3.8, 4) is 11.8 Å². The van der Waals surface area contributed by atoms with Crippen LogP contribution in [0.2, 0.25) is 0 Å². The molecule has 3 fully saturated rings. The minimum absolute atomic E-state index is 0.00182. The van der Waals surface area contributed by atoms with Gasteiger partial charge in [-0.3, -0.25) is 4.79 Å². The van der Waals surface area contributed by atoms with Gasteiger partial charge in [0.15, 0.2) is 0 Å². The SMILES string of the molecule is Cc1ccc(C(F)CC#CC2CN(C(=O)N3CC[C@@H]4OCC(=O)N[C@@H]4C3)C2)cc1F. The Morgan fingerprint density at radius 3 is 2.90 bits per heavy atom. The summed E-state index contributed by atoms with van der Waals surface area (Å²) < 4.78 is 33.3. The Morgan fingerprint density at radius 2 is 2.13 bits per heavy atom. The molecule has 1 unspecified atom stereocenters. The van der Waals surface area contributed by atoms with Crippen molar-refractivity contribution in [2.24, 2.45) is 5.92 Å². The first kappa shape index (κ1) is 20.6. The number of fused-ring (bicyclic) bond motifs is 1. The van der Waals surface area contributed by atoms with E-state index in [0.29, 0.717) is 43.7 Å². The zero-order valence-electron chi connectivity index (χ0n) is 16.9. The molecule has 1 aromatic carbocycles. The average molecular weight is 417 g/mol. The maximum absolute atomic E-state index is 14.2. The molecule has 0 radical (unpaired) electrons. The zero-order valence-corrected chi connectivity index (χ0v) is 16.9. The molecule has 6 nitrogen and oxygen atoms in total. The van der Waals surface area contributed by atoms with Gasteiger partial charge in [-0.15, -0.1) is 0 Å². The Hall–Kier alpha value is -2.66. The highest BCUT2D eigenvalue weighted by Crippen LogP contribution is 2.24. The minimum Gasteiger partial charge on any atom is -0.366 e. The van der Waals surface area contributed by atoms with E-state index in [1.807, 2.05) is 0 Å². The smallest absolute Gasteiger partial charge is 0.320 e. The molecule has 1 aromatic rings. The quantitative estimate of drug-likeness (QED) is 0.751. The van der Waals surface area contributed by atoms with Crippen molar-refractivity contribution in [3.05, 3.63) is 35.1 Å². The second kappa shape index (κ2) is 8.60. The Morgan fingerprint density at radius 1 is 1.33 bits per heavy atom. The number of halogens is 2. The Balaban J connectivity index is 1.23. The number of urea groups is 1. The first-order chi connectivity index (χ1) is 14.4. The lowest BCUT2D eigenvalue weighted by atomic mass is 9.98. The number of carbonyl (C=O) groups is 2. The standard InChI is InChI=1S/C22H25F2N3O3/c1-14-5-6-16(9-18(14)24)17(23)4-2-3-15-10-27(11-15)22(29)26-8-7-20-19(12-26)25-21(28)13-30-20/h5-6,9,15,17,19-20H,4,7-8,10-13H2,1H3,(H,25,28)/t17?,19-,20+/m1/s1. The molecule has 0 aliphatic carbocycles. The van der Waals surface area contributed by atoms with Gasteiger partial charge in [0, 0.05) is 32.6 Å². The second-order valence-corrected chi connectivity index (χ2v) is 8.14. The molecule has 4 rings (SSSR count). The third-order valence-electron chi connectivity index (χ3n) is 5.89. The van der Waals surface area contributed by atoms with E-state index >= 15 is 0 Å². The van der Waals surface area contributed by atoms with E-state index in [1.165, 1.54) is 6.07 Å². The Labute approximate surface area is 174 Å². The molecule has 3 heterocycles. The van der Waals surface area contributed by atoms with Crippen LogP contribution in [-0.2, 0) is 9.53 Å². The van der Waals surface area contributed by atoms with Crippen LogP contribution in [0, 0.1) is 30.5 Å². The van der Waals surface area contributed by atoms with E-state index in [1.54, 1.807) is 28.9 Å². The number of alkyl halides is 1. The molecule has 0 bridgehead atoms. The van der Waals surface area contributed by atoms with Gasteiger partial charge in [0.25, 0.3) is 0 Å². The normalized spacial score (nSPS) is 24.8. The van der Waals surface area contributed by atoms with Gasteiger partial charge in [-0.2, -0.15) is 0 Å². The summed E-state index contributed by atoms with van der Waals surface area (Å²) in [5.41, 5.74) is 0.777. The molecule has 160 valence electrons. The Kier molecular flexibility index (Phi) is 5.91. The number of benzene rings is 1. The van der Waals surface area contributed by atoms with Crippen LogP contribution in [0.4, 0.5) is 13.6 Å². The van der Waals surface area contributed by atoms with Gasteiger partial charge in [-0.05, 0) is 30.5 Å². The molecule has 3 amide bonds. The van der Waals surface area contributed by atoms with Gasteiger partial charge < -0.3 is 19.9 Å². The van der Waals surface area contributed by atoms with Crippen molar-refractivity contribution in [2.75, 3.05) is 32.8 Å². The summed E-state index contributed by atoms with van der Waals surface area (Å²) in [6.45, 7) is 3.78. The number of piperidine rings is 1. The number of nitrogens with zero attached hydrogens (tertiary/aromatic N) is 2. The van der Waals surface area contributed by atoms with Crippen LogP contribution in [0.1, 0.15) is 30.1 Å². The van der Waals surface area contributed by atoms with Crippen molar-refractivity contribution in [1.82, 2.24) is 15.1 Å². The molecule has 3 saturated heterocycles. The number of hydrogen-bond donors (Lipinski definition) is 1. The zero-order chi connectivity index (χ0) is 21.3. The maximum atomic E-state index is 14.2. The number of aryl methyl sites for hydroxylation is 1. The molecule has 8 heteroatoms. The second-order valence-electron chi connectivity index (χ2n) is 8.14. The summed E-state index contributed by atoms with van der Waals surface area (Å²) in [6, 6.07) is 4.14. The van der Waals surface area contributed by atoms with Crippen LogP contribution < -0.4 is 5.32 Å². The lowest BCUT2D eigenvalue weighted by Crippen LogP contribution is -2.64. The van der Waals surface area contributed by atoms with E-state index < -0.39 is 12.0 Å². The number of nitrogens with one attached hydrogen (secondary N) is 1. The van der Waals surface area contributed by atoms with Gasteiger partial charge in [0.1, 0.15) is 18.6 Å². The van der Waals surface area contributed by atoms with Crippen LogP contribution >= 0.6 is 0 Å². The van der Waals surface area contributed by atoms with Gasteiger partial charge >= 0.3 is 6.03 Å². The number of amides is 3. The highest BCUT2D eigenvalue weighted by atomic mass is 19.1. The predicted molar refractivity (Wildman–Crippen MR) is 106 cm³/mol. The predicted octanol–water partition coefficient (Wildman–Crippen LogP) is 2.18. The fourth-order valence-corrected chi connectivity index (χ4v) is 4.01. The molecule has 0 spiro atoms. The molecule has 3 aliphatic rings. The average Bonchev–Trinajstić information content (AvgIpc) is 2.70. The third-order valence-corrected chi connectivity index (χ3v) is 5.89. The summed E-state index contributed by atoms with van der Waals surface area (Å²) in [4.78, 5) is 27.6. The molecule has 3 atom stereocenters. The van der Waals surface area contributed by atoms with E-state index in [0.717, 1.165) is 0 Å². The van der Waals surface area contributed by atoms with Crippen molar-refractivity contribution >= 4 is 11.9 Å². The molecular weight excluding hydrogens is 392 g/mol. The minimum atomic E-state index is -1.33. The number of morpholine rings is 1. The van der Waals surface area contributed by atoms with Crippen LogP contribution in [0.15, 0.2) is 18.2 Å². The largest absolute Gasteiger partial charge is 0.366 e. The van der Waals surface area contributed by atoms with Crippen LogP contribution in [0.3, 0.4) is 0 Å². The molecule has 0 aromatic heterocycles. The Bertz CT molecular complexity index is 891. The van der Waals surface area contributed by atoms with E-state index in [4.69, 9.17) is 4.74 Å². The lowest BCUT2D eigenvalue weighted by molar-refractivity contribution is -0.139. The molecule has 30 heavy (non-hydrogen) atoms.